The molecule has 0 fully saturated rings. The normalized spacial score (nSPS) is 12.6. The highest BCUT2D eigenvalue weighted by molar-refractivity contribution is 9.10. The minimum Gasteiger partial charge on any atom is -0.504 e. The molecule has 2 nitrogen and oxygen atoms in total. The van der Waals surface area contributed by atoms with Gasteiger partial charge in [0.1, 0.15) is 0 Å². The third-order valence-corrected chi connectivity index (χ3v) is 2.19. The largest absolute Gasteiger partial charge is 0.504 e. The van der Waals surface area contributed by atoms with Gasteiger partial charge in [-0.25, -0.2) is 0 Å². The van der Waals surface area contributed by atoms with Gasteiger partial charge < -0.3 is 9.84 Å². The number of ether oxygens (including phenoxy) is 1. The molecule has 0 unspecified atom stereocenters. The minimum absolute atomic E-state index is 0.0403. The van der Waals surface area contributed by atoms with Crippen LogP contribution in [0.4, 0.5) is 17.6 Å². The molecule has 0 bridgehead atoms. The Morgan fingerprint density at radius 1 is 1.25 bits per heavy atom. The Hall–Kier alpha value is -0.690. The zero-order chi connectivity index (χ0) is 12.6. The van der Waals surface area contributed by atoms with Crippen LogP contribution in [0.1, 0.15) is 0 Å². The topological polar surface area (TPSA) is 29.5 Å². The highest BCUT2D eigenvalue weighted by atomic mass is 79.9. The molecule has 1 aromatic carbocycles. The Kier molecular flexibility index (Phi) is 3.59. The van der Waals surface area contributed by atoms with Gasteiger partial charge in [0.05, 0.1) is 0 Å². The monoisotopic (exact) mass is 322 g/mol. The van der Waals surface area contributed by atoms with Crippen molar-refractivity contribution in [3.05, 3.63) is 23.2 Å². The summed E-state index contributed by atoms with van der Waals surface area (Å²) in [7, 11) is 0. The van der Waals surface area contributed by atoms with E-state index in [1.54, 1.807) is 0 Å². The van der Waals surface area contributed by atoms with Crippen LogP contribution in [0.2, 0.25) is 5.02 Å². The first-order valence-corrected chi connectivity index (χ1v) is 4.92. The van der Waals surface area contributed by atoms with Gasteiger partial charge in [0.2, 0.25) is 0 Å². The van der Waals surface area contributed by atoms with E-state index in [0.29, 0.717) is 0 Å². The first-order valence-electron chi connectivity index (χ1n) is 3.75. The number of phenols is 1. The second-order valence-corrected chi connectivity index (χ2v) is 4.16. The number of rotatable bonds is 3. The van der Waals surface area contributed by atoms with E-state index in [1.165, 1.54) is 22.0 Å². The number of halogens is 6. The van der Waals surface area contributed by atoms with Gasteiger partial charge in [-0.15, -0.1) is 0 Å². The van der Waals surface area contributed by atoms with Crippen LogP contribution in [-0.2, 0) is 0 Å². The van der Waals surface area contributed by atoms with Crippen LogP contribution >= 0.6 is 27.5 Å². The van der Waals surface area contributed by atoms with Crippen LogP contribution < -0.4 is 4.74 Å². The highest BCUT2D eigenvalue weighted by Crippen LogP contribution is 2.43. The van der Waals surface area contributed by atoms with Crippen molar-refractivity contribution in [2.75, 3.05) is 0 Å². The molecule has 0 saturated carbocycles. The molecule has 90 valence electrons. The fourth-order valence-electron chi connectivity index (χ4n) is 0.766. The second kappa shape index (κ2) is 4.29. The zero-order valence-corrected chi connectivity index (χ0v) is 9.70. The molecule has 0 radical (unpaired) electrons. The molecule has 0 atom stereocenters. The Morgan fingerprint density at radius 2 is 1.81 bits per heavy atom. The molecule has 1 rings (SSSR count). The average Bonchev–Trinajstić information content (AvgIpc) is 2.09. The predicted octanol–water partition coefficient (Wildman–Crippen LogP) is 4.00. The molecule has 0 aliphatic rings. The lowest BCUT2D eigenvalue weighted by Gasteiger charge is -2.22. The minimum atomic E-state index is -4.81. The van der Waals surface area contributed by atoms with E-state index in [-0.39, 0.29) is 5.02 Å². The third-order valence-electron chi connectivity index (χ3n) is 1.49. The summed E-state index contributed by atoms with van der Waals surface area (Å²) in [5, 5.41) is 9.05. The Labute approximate surface area is 101 Å². The van der Waals surface area contributed by atoms with E-state index < -0.39 is 22.4 Å². The van der Waals surface area contributed by atoms with E-state index in [2.05, 4.69) is 4.74 Å². The van der Waals surface area contributed by atoms with Crippen molar-refractivity contribution in [3.8, 4) is 11.5 Å². The van der Waals surface area contributed by atoms with Gasteiger partial charge in [0.15, 0.2) is 11.5 Å². The maximum Gasteiger partial charge on any atom is 0.475 e. The SMILES string of the molecule is Oc1ccc(Cl)cc1OC(F)(F)C(F)(F)Br. The van der Waals surface area contributed by atoms with Gasteiger partial charge in [-0.1, -0.05) is 11.6 Å². The molecular weight excluding hydrogens is 319 g/mol. The van der Waals surface area contributed by atoms with Gasteiger partial charge in [-0.2, -0.15) is 17.6 Å². The number of phenolic OH excluding ortho intramolecular Hbond substituents is 1. The summed E-state index contributed by atoms with van der Waals surface area (Å²) in [4.78, 5) is -4.56. The fraction of sp³-hybridized carbons (Fsp3) is 0.250. The molecule has 0 saturated heterocycles. The van der Waals surface area contributed by atoms with Crippen LogP contribution in [0, 0.1) is 0 Å². The molecule has 0 amide bonds. The molecule has 0 heterocycles. The summed E-state index contributed by atoms with van der Waals surface area (Å²) in [6.45, 7) is 0. The molecule has 0 aromatic heterocycles. The maximum atomic E-state index is 12.8. The maximum absolute atomic E-state index is 12.8. The number of hydrogen-bond donors (Lipinski definition) is 1. The molecule has 1 N–H and O–H groups in total. The third kappa shape index (κ3) is 2.91. The molecule has 0 spiro atoms. The number of alkyl halides is 5. The van der Waals surface area contributed by atoms with Gasteiger partial charge >= 0.3 is 10.9 Å². The molecule has 8 heteroatoms. The second-order valence-electron chi connectivity index (χ2n) is 2.73. The quantitative estimate of drug-likeness (QED) is 0.673. The fourth-order valence-corrected chi connectivity index (χ4v) is 1.01. The van der Waals surface area contributed by atoms with Crippen molar-refractivity contribution in [2.24, 2.45) is 0 Å². The Balaban J connectivity index is 3.01. The first-order chi connectivity index (χ1) is 7.13. The summed E-state index contributed by atoms with van der Waals surface area (Å²) < 4.78 is 53.9. The van der Waals surface area contributed by atoms with Gasteiger partial charge in [0, 0.05) is 27.0 Å². The van der Waals surface area contributed by atoms with E-state index in [9.17, 15) is 17.6 Å². The lowest BCUT2D eigenvalue weighted by atomic mass is 10.3. The van der Waals surface area contributed by atoms with Gasteiger partial charge in [-0.3, -0.25) is 0 Å². The Bertz CT molecular complexity index is 394. The zero-order valence-electron chi connectivity index (χ0n) is 7.36. The summed E-state index contributed by atoms with van der Waals surface area (Å²) >= 11 is 6.90. The number of benzene rings is 1. The predicted molar refractivity (Wildman–Crippen MR) is 52.6 cm³/mol. The van der Waals surface area contributed by atoms with Crippen molar-refractivity contribution in [1.29, 1.82) is 0 Å². The van der Waals surface area contributed by atoms with Crippen molar-refractivity contribution in [1.82, 2.24) is 0 Å². The van der Waals surface area contributed by atoms with Crippen LogP contribution in [-0.4, -0.2) is 16.0 Å². The first kappa shape index (κ1) is 13.4. The lowest BCUT2D eigenvalue weighted by molar-refractivity contribution is -0.266. The lowest BCUT2D eigenvalue weighted by Crippen LogP contribution is -2.40. The van der Waals surface area contributed by atoms with Gasteiger partial charge in [0.25, 0.3) is 0 Å². The number of hydrogen-bond acceptors (Lipinski definition) is 2. The summed E-state index contributed by atoms with van der Waals surface area (Å²) in [6.07, 6.45) is -4.81. The van der Waals surface area contributed by atoms with Crippen LogP contribution in [0.5, 0.6) is 11.5 Å². The van der Waals surface area contributed by atoms with Crippen molar-refractivity contribution in [2.45, 2.75) is 10.9 Å². The summed E-state index contributed by atoms with van der Waals surface area (Å²) in [5.41, 5.74) is 0. The Morgan fingerprint density at radius 3 is 2.31 bits per heavy atom. The number of aromatic hydroxyl groups is 1. The van der Waals surface area contributed by atoms with Crippen LogP contribution in [0.15, 0.2) is 18.2 Å². The smallest absolute Gasteiger partial charge is 0.475 e. The molecule has 0 aliphatic heterocycles. The van der Waals surface area contributed by atoms with E-state index >= 15 is 0 Å². The van der Waals surface area contributed by atoms with E-state index in [4.69, 9.17) is 16.7 Å². The van der Waals surface area contributed by atoms with Crippen molar-refractivity contribution in [3.63, 3.8) is 0 Å². The summed E-state index contributed by atoms with van der Waals surface area (Å²) in [6, 6.07) is 2.93. The molecule has 1 aromatic rings. The van der Waals surface area contributed by atoms with E-state index in [1.807, 2.05) is 0 Å². The highest BCUT2D eigenvalue weighted by Gasteiger charge is 2.58. The van der Waals surface area contributed by atoms with Crippen molar-refractivity contribution >= 4 is 27.5 Å². The van der Waals surface area contributed by atoms with Crippen LogP contribution in [0.25, 0.3) is 0 Å². The average molecular weight is 323 g/mol. The molecule has 16 heavy (non-hydrogen) atoms. The van der Waals surface area contributed by atoms with Gasteiger partial charge in [-0.05, 0) is 12.1 Å². The molecule has 0 aliphatic carbocycles. The summed E-state index contributed by atoms with van der Waals surface area (Å²) in [5.74, 6) is -1.56. The van der Waals surface area contributed by atoms with Crippen LogP contribution in [0.3, 0.4) is 0 Å². The van der Waals surface area contributed by atoms with E-state index in [0.717, 1.165) is 12.1 Å². The standard InChI is InChI=1S/C8H4BrClF4O2/c9-7(11,12)8(13,14)16-6-3-4(10)1-2-5(6)15/h1-3,15H. The van der Waals surface area contributed by atoms with Crippen molar-refractivity contribution < 1.29 is 27.4 Å². The molecular formula is C8H4BrClF4O2.